The van der Waals surface area contributed by atoms with E-state index >= 15 is 0 Å². The van der Waals surface area contributed by atoms with Crippen LogP contribution in [0.1, 0.15) is 112 Å². The molecule has 0 bridgehead atoms. The Morgan fingerprint density at radius 3 is 1.75 bits per heavy atom. The lowest BCUT2D eigenvalue weighted by atomic mass is 9.79. The first-order valence-corrected chi connectivity index (χ1v) is 22.6. The predicted octanol–water partition coefficient (Wildman–Crippen LogP) is 16.6. The van der Waals surface area contributed by atoms with Crippen LogP contribution < -0.4 is 4.90 Å². The molecule has 60 heavy (non-hydrogen) atoms. The van der Waals surface area contributed by atoms with Crippen molar-refractivity contribution in [1.82, 2.24) is 4.57 Å². The molecule has 2 fully saturated rings. The quantitative estimate of drug-likeness (QED) is 0.168. The second-order valence-corrected chi connectivity index (χ2v) is 18.6. The van der Waals surface area contributed by atoms with E-state index < -0.39 is 0 Å². The molecule has 296 valence electrons. The van der Waals surface area contributed by atoms with Crippen LogP contribution in [-0.4, -0.2) is 4.57 Å². The molecule has 0 atom stereocenters. The molecule has 0 saturated heterocycles. The molecule has 0 aliphatic heterocycles. The van der Waals surface area contributed by atoms with Gasteiger partial charge in [0.05, 0.1) is 11.0 Å². The number of aromatic nitrogens is 1. The molecule has 3 aliphatic carbocycles. The van der Waals surface area contributed by atoms with Gasteiger partial charge in [0.1, 0.15) is 11.2 Å². The Bertz CT molecular complexity index is 3100. The summed E-state index contributed by atoms with van der Waals surface area (Å²) < 4.78 is 9.05. The normalized spacial score (nSPS) is 16.8. The highest BCUT2D eigenvalue weighted by Crippen LogP contribution is 2.52. The standard InChI is InChI=1S/C57H52N2O/c1-57(2)51-32-39(37-14-6-3-7-15-37)22-27-45(51)46-29-24-42(34-52(46)57)58(44-26-31-50-49-20-12-13-21-55(49)60-56(50)36-44)43-25-30-48-47-28-23-40(38-16-8-4-9-17-38)33-53(47)59(54(48)35-43)41-18-10-5-11-19-41/h5,10-13,18-38H,3-4,6-9,14-17H2,1-2H3. The van der Waals surface area contributed by atoms with Gasteiger partial charge in [-0.2, -0.15) is 0 Å². The van der Waals surface area contributed by atoms with Crippen molar-refractivity contribution in [2.45, 2.75) is 95.3 Å². The van der Waals surface area contributed by atoms with Crippen molar-refractivity contribution in [2.75, 3.05) is 4.90 Å². The number of rotatable bonds is 6. The molecule has 0 amide bonds. The van der Waals surface area contributed by atoms with Gasteiger partial charge in [-0.15, -0.1) is 0 Å². The number of benzene rings is 7. The maximum absolute atomic E-state index is 6.54. The molecular formula is C57H52N2O. The van der Waals surface area contributed by atoms with Crippen LogP contribution in [0.4, 0.5) is 17.1 Å². The zero-order valence-corrected chi connectivity index (χ0v) is 34.9. The first-order chi connectivity index (χ1) is 29.5. The second-order valence-electron chi connectivity index (χ2n) is 18.6. The summed E-state index contributed by atoms with van der Waals surface area (Å²) in [6.07, 6.45) is 13.3. The number of para-hydroxylation sites is 2. The molecule has 0 N–H and O–H groups in total. The fraction of sp³-hybridized carbons (Fsp3) is 0.263. The minimum absolute atomic E-state index is 0.126. The maximum Gasteiger partial charge on any atom is 0.137 e. The highest BCUT2D eigenvalue weighted by molar-refractivity contribution is 6.11. The van der Waals surface area contributed by atoms with Gasteiger partial charge in [-0.25, -0.2) is 0 Å². The number of furan rings is 1. The Kier molecular flexibility index (Phi) is 8.37. The summed E-state index contributed by atoms with van der Waals surface area (Å²) in [5.41, 5.74) is 17.4. The molecule has 2 aromatic heterocycles. The van der Waals surface area contributed by atoms with Crippen molar-refractivity contribution in [3.8, 4) is 16.8 Å². The van der Waals surface area contributed by atoms with E-state index in [9.17, 15) is 0 Å². The van der Waals surface area contributed by atoms with E-state index in [2.05, 4.69) is 169 Å². The van der Waals surface area contributed by atoms with Crippen LogP contribution in [0, 0.1) is 0 Å². The van der Waals surface area contributed by atoms with Gasteiger partial charge in [-0.05, 0) is 132 Å². The van der Waals surface area contributed by atoms with Gasteiger partial charge >= 0.3 is 0 Å². The lowest BCUT2D eigenvalue weighted by molar-refractivity contribution is 0.443. The predicted molar refractivity (Wildman–Crippen MR) is 252 cm³/mol. The largest absolute Gasteiger partial charge is 0.456 e. The van der Waals surface area contributed by atoms with Gasteiger partial charge in [0, 0.05) is 55.8 Å². The van der Waals surface area contributed by atoms with E-state index in [0.29, 0.717) is 11.8 Å². The van der Waals surface area contributed by atoms with Crippen LogP contribution in [0.2, 0.25) is 0 Å². The van der Waals surface area contributed by atoms with Gasteiger partial charge in [0.2, 0.25) is 0 Å². The zero-order chi connectivity index (χ0) is 40.0. The Morgan fingerprint density at radius 2 is 1.00 bits per heavy atom. The van der Waals surface area contributed by atoms with E-state index in [4.69, 9.17) is 4.42 Å². The zero-order valence-electron chi connectivity index (χ0n) is 34.9. The summed E-state index contributed by atoms with van der Waals surface area (Å²) in [7, 11) is 0. The van der Waals surface area contributed by atoms with E-state index in [-0.39, 0.29) is 5.41 Å². The highest BCUT2D eigenvalue weighted by Gasteiger charge is 2.37. The third-order valence-corrected chi connectivity index (χ3v) is 14.8. The third-order valence-electron chi connectivity index (χ3n) is 14.8. The van der Waals surface area contributed by atoms with Gasteiger partial charge in [0.25, 0.3) is 0 Å². The first-order valence-electron chi connectivity index (χ1n) is 22.6. The number of hydrogen-bond donors (Lipinski definition) is 0. The average Bonchev–Trinajstić information content (AvgIpc) is 3.91. The number of hydrogen-bond acceptors (Lipinski definition) is 2. The average molecular weight is 781 g/mol. The topological polar surface area (TPSA) is 21.3 Å². The SMILES string of the molecule is CC1(C)c2cc(C3CCCCC3)ccc2-c2ccc(N(c3ccc4c(c3)oc3ccccc34)c3ccc4c5ccc(C6CCCCC6)cc5n(-c5ccccc5)c4c3)cc21. The lowest BCUT2D eigenvalue weighted by Crippen LogP contribution is -2.17. The van der Waals surface area contributed by atoms with E-state index in [1.807, 2.05) is 0 Å². The van der Waals surface area contributed by atoms with Crippen LogP contribution in [0.15, 0.2) is 150 Å². The minimum Gasteiger partial charge on any atom is -0.456 e. The summed E-state index contributed by atoms with van der Waals surface area (Å²) >= 11 is 0. The fourth-order valence-corrected chi connectivity index (χ4v) is 11.6. The molecule has 3 aliphatic rings. The maximum atomic E-state index is 6.54. The smallest absolute Gasteiger partial charge is 0.137 e. The Labute approximate surface area is 353 Å². The second kappa shape index (κ2) is 14.0. The molecule has 0 unspecified atom stereocenters. The summed E-state index contributed by atoms with van der Waals surface area (Å²) in [6, 6.07) is 55.2. The first kappa shape index (κ1) is 35.8. The molecule has 12 rings (SSSR count). The van der Waals surface area contributed by atoms with Gasteiger partial charge in [0.15, 0.2) is 0 Å². The van der Waals surface area contributed by atoms with Crippen LogP contribution in [0.5, 0.6) is 0 Å². The van der Waals surface area contributed by atoms with Gasteiger partial charge < -0.3 is 13.9 Å². The van der Waals surface area contributed by atoms with Crippen LogP contribution in [0.3, 0.4) is 0 Å². The molecule has 0 spiro atoms. The summed E-state index contributed by atoms with van der Waals surface area (Å²) in [6.45, 7) is 4.87. The third kappa shape index (κ3) is 5.69. The summed E-state index contributed by atoms with van der Waals surface area (Å²) in [4.78, 5) is 2.46. The van der Waals surface area contributed by atoms with Crippen molar-refractivity contribution < 1.29 is 4.42 Å². The molecule has 3 nitrogen and oxygen atoms in total. The molecule has 9 aromatic rings. The van der Waals surface area contributed by atoms with Crippen molar-refractivity contribution in [1.29, 1.82) is 0 Å². The van der Waals surface area contributed by atoms with E-state index in [1.54, 1.807) is 0 Å². The molecule has 3 heteroatoms. The Hall–Kier alpha value is -6.06. The van der Waals surface area contributed by atoms with Crippen LogP contribution in [0.25, 0.3) is 60.6 Å². The van der Waals surface area contributed by atoms with Crippen molar-refractivity contribution >= 4 is 60.8 Å². The monoisotopic (exact) mass is 780 g/mol. The van der Waals surface area contributed by atoms with Crippen molar-refractivity contribution in [3.05, 3.63) is 168 Å². The number of nitrogens with zero attached hydrogens (tertiary/aromatic N) is 2. The summed E-state index contributed by atoms with van der Waals surface area (Å²) in [5, 5.41) is 4.87. The van der Waals surface area contributed by atoms with Crippen molar-refractivity contribution in [3.63, 3.8) is 0 Å². The molecule has 7 aromatic carbocycles. The lowest BCUT2D eigenvalue weighted by Gasteiger charge is -2.28. The van der Waals surface area contributed by atoms with Crippen LogP contribution in [-0.2, 0) is 5.41 Å². The van der Waals surface area contributed by atoms with Crippen molar-refractivity contribution in [2.24, 2.45) is 0 Å². The van der Waals surface area contributed by atoms with E-state index in [0.717, 1.165) is 39.0 Å². The Balaban J connectivity index is 1.05. The Morgan fingerprint density at radius 1 is 0.467 bits per heavy atom. The number of fused-ring (bicyclic) bond motifs is 9. The van der Waals surface area contributed by atoms with Crippen LogP contribution >= 0.6 is 0 Å². The van der Waals surface area contributed by atoms with E-state index in [1.165, 1.54) is 125 Å². The number of anilines is 3. The molecular weight excluding hydrogens is 729 g/mol. The molecule has 0 radical (unpaired) electrons. The summed E-state index contributed by atoms with van der Waals surface area (Å²) in [5.74, 6) is 1.32. The minimum atomic E-state index is -0.126. The van der Waals surface area contributed by atoms with Gasteiger partial charge in [-0.1, -0.05) is 131 Å². The molecule has 2 heterocycles. The van der Waals surface area contributed by atoms with Gasteiger partial charge in [-0.3, -0.25) is 0 Å². The fourth-order valence-electron chi connectivity index (χ4n) is 11.6. The highest BCUT2D eigenvalue weighted by atomic mass is 16.3. The molecule has 2 saturated carbocycles.